The van der Waals surface area contributed by atoms with E-state index in [4.69, 9.17) is 0 Å². The summed E-state index contributed by atoms with van der Waals surface area (Å²) in [6.07, 6.45) is 3.36. The number of aryl methyl sites for hydroxylation is 1. The van der Waals surface area contributed by atoms with Crippen molar-refractivity contribution in [2.75, 3.05) is 0 Å². The van der Waals surface area contributed by atoms with Crippen LogP contribution in [0.1, 0.15) is 58.5 Å². The molecule has 29 heavy (non-hydrogen) atoms. The Morgan fingerprint density at radius 1 is 0.862 bits per heavy atom. The van der Waals surface area contributed by atoms with Gasteiger partial charge in [0.2, 0.25) is 0 Å². The molecule has 0 saturated carbocycles. The van der Waals surface area contributed by atoms with Gasteiger partial charge in [-0.2, -0.15) is 0 Å². The quantitative estimate of drug-likeness (QED) is 0.397. The third kappa shape index (κ3) is 3.15. The van der Waals surface area contributed by atoms with Gasteiger partial charge in [-0.25, -0.2) is 15.0 Å². The number of benzene rings is 1. The fourth-order valence-electron chi connectivity index (χ4n) is 4.33. The molecule has 0 aliphatic heterocycles. The first-order valence-corrected chi connectivity index (χ1v) is 9.75. The van der Waals surface area contributed by atoms with Crippen LogP contribution in [0.15, 0.2) is 36.8 Å². The number of fused-ring (bicyclic) bond motifs is 1. The minimum Gasteiger partial charge on any atom is -0.304 e. The van der Waals surface area contributed by atoms with Gasteiger partial charge < -0.3 is 4.98 Å². The second-order valence-electron chi connectivity index (χ2n) is 9.34. The molecule has 2 aromatic heterocycles. The van der Waals surface area contributed by atoms with Crippen molar-refractivity contribution in [3.63, 3.8) is 0 Å². The molecule has 4 rings (SSSR count). The Bertz CT molecular complexity index is 1050. The minimum atomic E-state index is 0. The SMILES string of the molecule is Cc1ncnc(-c2ccc(-c3[c-]cc4c(c3)C(C)(C)C(C)(C)C4(C)C)nc2)n1.[Ir]. The van der Waals surface area contributed by atoms with Crippen LogP contribution >= 0.6 is 0 Å². The van der Waals surface area contributed by atoms with Gasteiger partial charge in [-0.3, -0.25) is 0 Å². The van der Waals surface area contributed by atoms with Crippen LogP contribution in [0.2, 0.25) is 0 Å². The van der Waals surface area contributed by atoms with Gasteiger partial charge in [-0.1, -0.05) is 53.7 Å². The van der Waals surface area contributed by atoms with E-state index in [1.54, 1.807) is 0 Å². The van der Waals surface area contributed by atoms with Crippen LogP contribution in [-0.2, 0) is 30.9 Å². The molecule has 1 aliphatic carbocycles. The third-order valence-corrected chi connectivity index (χ3v) is 7.41. The van der Waals surface area contributed by atoms with Gasteiger partial charge in [0.1, 0.15) is 12.2 Å². The van der Waals surface area contributed by atoms with E-state index < -0.39 is 0 Å². The zero-order valence-electron chi connectivity index (χ0n) is 18.1. The molecule has 153 valence electrons. The maximum Gasteiger partial charge on any atom is 0.164 e. The van der Waals surface area contributed by atoms with E-state index in [9.17, 15) is 0 Å². The number of aromatic nitrogens is 4. The molecule has 0 spiro atoms. The summed E-state index contributed by atoms with van der Waals surface area (Å²) in [5, 5.41) is 0. The molecular weight excluding hydrogens is 537 g/mol. The average Bonchev–Trinajstić information content (AvgIpc) is 2.77. The predicted molar refractivity (Wildman–Crippen MR) is 112 cm³/mol. The van der Waals surface area contributed by atoms with Crippen molar-refractivity contribution in [2.45, 2.75) is 59.3 Å². The topological polar surface area (TPSA) is 51.6 Å². The molecule has 1 aromatic carbocycles. The Morgan fingerprint density at radius 3 is 2.17 bits per heavy atom. The van der Waals surface area contributed by atoms with Crippen molar-refractivity contribution in [2.24, 2.45) is 5.41 Å². The normalized spacial score (nSPS) is 18.0. The van der Waals surface area contributed by atoms with Gasteiger partial charge >= 0.3 is 0 Å². The molecule has 4 nitrogen and oxygen atoms in total. The Labute approximate surface area is 187 Å². The van der Waals surface area contributed by atoms with Crippen molar-refractivity contribution in [3.05, 3.63) is 59.8 Å². The van der Waals surface area contributed by atoms with E-state index in [0.717, 1.165) is 16.8 Å². The maximum absolute atomic E-state index is 4.67. The molecule has 0 fully saturated rings. The fourth-order valence-corrected chi connectivity index (χ4v) is 4.33. The molecule has 5 heteroatoms. The molecule has 0 saturated heterocycles. The molecule has 2 heterocycles. The molecule has 1 aliphatic rings. The van der Waals surface area contributed by atoms with Crippen LogP contribution in [0.5, 0.6) is 0 Å². The van der Waals surface area contributed by atoms with Crippen molar-refractivity contribution in [3.8, 4) is 22.6 Å². The number of hydrogen-bond donors (Lipinski definition) is 0. The Kier molecular flexibility index (Phi) is 5.30. The standard InChI is InChI=1S/C24H27N4.Ir/c1-15-26-14-27-21(28-15)17-9-11-20(25-13-17)16-8-10-18-19(12-16)23(4,5)24(6,7)22(18,2)3;/h9-14H,1-7H3;/q-1;. The molecule has 3 aromatic rings. The van der Waals surface area contributed by atoms with E-state index in [-0.39, 0.29) is 36.4 Å². The summed E-state index contributed by atoms with van der Waals surface area (Å²) in [4.78, 5) is 17.3. The van der Waals surface area contributed by atoms with E-state index >= 15 is 0 Å². The van der Waals surface area contributed by atoms with E-state index in [0.29, 0.717) is 11.6 Å². The smallest absolute Gasteiger partial charge is 0.164 e. The maximum atomic E-state index is 4.67. The first-order valence-electron chi connectivity index (χ1n) is 9.75. The van der Waals surface area contributed by atoms with Crippen LogP contribution < -0.4 is 0 Å². The summed E-state index contributed by atoms with van der Waals surface area (Å²) in [6.45, 7) is 16.0. The number of rotatable bonds is 2. The molecule has 0 amide bonds. The van der Waals surface area contributed by atoms with Crippen molar-refractivity contribution < 1.29 is 20.1 Å². The van der Waals surface area contributed by atoms with Gasteiger partial charge in [0, 0.05) is 31.9 Å². The van der Waals surface area contributed by atoms with Crippen LogP contribution in [0.4, 0.5) is 0 Å². The second kappa shape index (κ2) is 7.07. The second-order valence-corrected chi connectivity index (χ2v) is 9.34. The Hall–Kier alpha value is -1.97. The van der Waals surface area contributed by atoms with Crippen LogP contribution in [0.25, 0.3) is 22.6 Å². The van der Waals surface area contributed by atoms with Gasteiger partial charge in [-0.15, -0.1) is 34.9 Å². The fraction of sp³-hybridized carbons (Fsp3) is 0.417. The Morgan fingerprint density at radius 2 is 1.55 bits per heavy atom. The van der Waals surface area contributed by atoms with Crippen molar-refractivity contribution >= 4 is 0 Å². The van der Waals surface area contributed by atoms with Crippen LogP contribution in [-0.4, -0.2) is 19.9 Å². The molecule has 1 radical (unpaired) electrons. The van der Waals surface area contributed by atoms with Gasteiger partial charge in [0.05, 0.1) is 0 Å². The summed E-state index contributed by atoms with van der Waals surface area (Å²) in [5.41, 5.74) is 5.92. The van der Waals surface area contributed by atoms with Gasteiger partial charge in [0.15, 0.2) is 5.82 Å². The zero-order valence-corrected chi connectivity index (χ0v) is 20.5. The summed E-state index contributed by atoms with van der Waals surface area (Å²) in [7, 11) is 0. The third-order valence-electron chi connectivity index (χ3n) is 7.41. The van der Waals surface area contributed by atoms with Crippen LogP contribution in [0.3, 0.4) is 0 Å². The molecular formula is C24H27IrN4-. The summed E-state index contributed by atoms with van der Waals surface area (Å²) in [6, 6.07) is 12.0. The molecule has 0 atom stereocenters. The summed E-state index contributed by atoms with van der Waals surface area (Å²) < 4.78 is 0. The van der Waals surface area contributed by atoms with E-state index in [1.807, 2.05) is 25.3 Å². The zero-order chi connectivity index (χ0) is 20.3. The number of hydrogen-bond acceptors (Lipinski definition) is 4. The first-order chi connectivity index (χ1) is 13.1. The minimum absolute atomic E-state index is 0. The van der Waals surface area contributed by atoms with Gasteiger partial charge in [0.25, 0.3) is 0 Å². The van der Waals surface area contributed by atoms with Gasteiger partial charge in [-0.05, 0) is 28.9 Å². The largest absolute Gasteiger partial charge is 0.304 e. The molecule has 0 unspecified atom stereocenters. The van der Waals surface area contributed by atoms with Crippen molar-refractivity contribution in [1.29, 1.82) is 0 Å². The molecule has 0 N–H and O–H groups in total. The van der Waals surface area contributed by atoms with E-state index in [2.05, 4.69) is 79.7 Å². The number of nitrogens with zero attached hydrogens (tertiary/aromatic N) is 4. The average molecular weight is 564 g/mol. The molecule has 0 bridgehead atoms. The van der Waals surface area contributed by atoms with Crippen molar-refractivity contribution in [1.82, 2.24) is 19.9 Å². The summed E-state index contributed by atoms with van der Waals surface area (Å²) >= 11 is 0. The summed E-state index contributed by atoms with van der Waals surface area (Å²) in [5.74, 6) is 1.35. The van der Waals surface area contributed by atoms with Crippen LogP contribution in [0, 0.1) is 18.4 Å². The monoisotopic (exact) mass is 564 g/mol. The predicted octanol–water partition coefficient (Wildman–Crippen LogP) is 5.30. The Balaban J connectivity index is 0.00000240. The van der Waals surface area contributed by atoms with E-state index in [1.165, 1.54) is 17.5 Å². The number of pyridine rings is 1. The first kappa shape index (κ1) is 21.7.